The van der Waals surface area contributed by atoms with Gasteiger partial charge in [-0.05, 0) is 61.4 Å². The molecule has 3 heterocycles. The van der Waals surface area contributed by atoms with Crippen LogP contribution in [0, 0.1) is 12.7 Å². The molecule has 4 aromatic rings. The number of benzene rings is 1. The number of hydrogen-bond donors (Lipinski definition) is 1. The second kappa shape index (κ2) is 7.86. The van der Waals surface area contributed by atoms with Crippen molar-refractivity contribution in [3.05, 3.63) is 53.4 Å². The maximum atomic E-state index is 14.4. The van der Waals surface area contributed by atoms with Crippen LogP contribution in [0.1, 0.15) is 61.5 Å². The number of carbonyl (C=O) groups is 1. The molecule has 10 heteroatoms. The Hall–Kier alpha value is -3.69. The predicted molar refractivity (Wildman–Crippen MR) is 114 cm³/mol. The van der Waals surface area contributed by atoms with Crippen molar-refractivity contribution in [2.45, 2.75) is 46.6 Å². The summed E-state index contributed by atoms with van der Waals surface area (Å²) in [6, 6.07) is 6.14. The number of aromatic nitrogens is 7. The fourth-order valence-electron chi connectivity index (χ4n) is 3.30. The van der Waals surface area contributed by atoms with Crippen molar-refractivity contribution in [3.63, 3.8) is 0 Å². The van der Waals surface area contributed by atoms with Crippen LogP contribution in [0.4, 0.5) is 10.1 Å². The quantitative estimate of drug-likeness (QED) is 0.525. The highest BCUT2D eigenvalue weighted by Crippen LogP contribution is 2.26. The summed E-state index contributed by atoms with van der Waals surface area (Å²) in [6.07, 6.45) is 1.65. The van der Waals surface area contributed by atoms with Crippen LogP contribution in [0.25, 0.3) is 16.7 Å². The molecule has 0 aliphatic rings. The molecule has 0 saturated carbocycles. The van der Waals surface area contributed by atoms with E-state index in [-0.39, 0.29) is 23.6 Å². The number of aryl methyl sites for hydroxylation is 1. The maximum absolute atomic E-state index is 14.4. The highest BCUT2D eigenvalue weighted by atomic mass is 19.1. The highest BCUT2D eigenvalue weighted by Gasteiger charge is 2.20. The lowest BCUT2D eigenvalue weighted by Gasteiger charge is -2.13. The van der Waals surface area contributed by atoms with Crippen LogP contribution in [0.2, 0.25) is 0 Å². The summed E-state index contributed by atoms with van der Waals surface area (Å²) in [6.45, 7) is 9.73. The van der Waals surface area contributed by atoms with Gasteiger partial charge in [0.15, 0.2) is 11.5 Å². The molecular formula is C21H23FN8O. The molecule has 3 aromatic heterocycles. The van der Waals surface area contributed by atoms with E-state index in [1.54, 1.807) is 23.9 Å². The number of halogens is 1. The zero-order valence-corrected chi connectivity index (χ0v) is 18.0. The SMILES string of the molecule is Cc1nnnn1-c1cc(NC(=O)c2cc(C(C)C)nc3c2cnn3C(C)C)ccc1F. The number of rotatable bonds is 5. The van der Waals surface area contributed by atoms with E-state index in [1.165, 1.54) is 22.9 Å². The van der Waals surface area contributed by atoms with Gasteiger partial charge in [0.2, 0.25) is 0 Å². The number of tetrazole rings is 1. The summed E-state index contributed by atoms with van der Waals surface area (Å²) in [5.74, 6) is -0.267. The predicted octanol–water partition coefficient (Wildman–Crippen LogP) is 3.81. The lowest BCUT2D eigenvalue weighted by Crippen LogP contribution is -2.15. The number of anilines is 1. The highest BCUT2D eigenvalue weighted by molar-refractivity contribution is 6.12. The molecular weight excluding hydrogens is 399 g/mol. The molecule has 1 amide bonds. The van der Waals surface area contributed by atoms with Gasteiger partial charge in [0.05, 0.1) is 17.1 Å². The van der Waals surface area contributed by atoms with E-state index in [2.05, 4.69) is 25.9 Å². The van der Waals surface area contributed by atoms with E-state index < -0.39 is 5.82 Å². The summed E-state index contributed by atoms with van der Waals surface area (Å²) in [4.78, 5) is 17.9. The summed E-state index contributed by atoms with van der Waals surface area (Å²) in [5, 5.41) is 19.1. The topological polar surface area (TPSA) is 103 Å². The van der Waals surface area contributed by atoms with Crippen LogP contribution in [-0.2, 0) is 0 Å². The van der Waals surface area contributed by atoms with Crippen LogP contribution in [0.3, 0.4) is 0 Å². The van der Waals surface area contributed by atoms with Gasteiger partial charge in [-0.3, -0.25) is 4.79 Å². The van der Waals surface area contributed by atoms with Crippen LogP contribution in [0.15, 0.2) is 30.5 Å². The van der Waals surface area contributed by atoms with E-state index in [1.807, 2.05) is 27.7 Å². The smallest absolute Gasteiger partial charge is 0.256 e. The molecule has 1 aromatic carbocycles. The number of nitrogens with zero attached hydrogens (tertiary/aromatic N) is 7. The van der Waals surface area contributed by atoms with Gasteiger partial charge in [0.1, 0.15) is 11.5 Å². The third-order valence-electron chi connectivity index (χ3n) is 4.97. The Labute approximate surface area is 178 Å². The van der Waals surface area contributed by atoms with Crippen molar-refractivity contribution in [2.75, 3.05) is 5.32 Å². The lowest BCUT2D eigenvalue weighted by molar-refractivity contribution is 0.102. The van der Waals surface area contributed by atoms with Crippen molar-refractivity contribution in [1.29, 1.82) is 0 Å². The minimum absolute atomic E-state index is 0.0995. The van der Waals surface area contributed by atoms with Gasteiger partial charge in [-0.25, -0.2) is 14.1 Å². The van der Waals surface area contributed by atoms with E-state index in [9.17, 15) is 9.18 Å². The molecule has 0 aliphatic carbocycles. The summed E-state index contributed by atoms with van der Waals surface area (Å²) >= 11 is 0. The first kappa shape index (κ1) is 20.6. The Morgan fingerprint density at radius 3 is 2.58 bits per heavy atom. The molecule has 0 spiro atoms. The first-order valence-corrected chi connectivity index (χ1v) is 10.0. The second-order valence-electron chi connectivity index (χ2n) is 7.93. The zero-order valence-electron chi connectivity index (χ0n) is 18.0. The van der Waals surface area contributed by atoms with Gasteiger partial charge in [-0.1, -0.05) is 13.8 Å². The number of carbonyl (C=O) groups excluding carboxylic acids is 1. The minimum Gasteiger partial charge on any atom is -0.322 e. The fraction of sp³-hybridized carbons (Fsp3) is 0.333. The molecule has 1 N–H and O–H groups in total. The molecule has 4 rings (SSSR count). The molecule has 0 unspecified atom stereocenters. The standard InChI is InChI=1S/C21H23FN8O/c1-11(2)18-9-15(16-10-23-29(12(3)4)20(16)25-18)21(31)24-14-6-7-17(22)19(8-14)30-13(5)26-27-28-30/h6-12H,1-5H3,(H,24,31). The van der Waals surface area contributed by atoms with Gasteiger partial charge in [-0.15, -0.1) is 5.10 Å². The number of pyridine rings is 1. The molecule has 160 valence electrons. The van der Waals surface area contributed by atoms with Crippen molar-refractivity contribution in [1.82, 2.24) is 35.0 Å². The molecule has 9 nitrogen and oxygen atoms in total. The second-order valence-corrected chi connectivity index (χ2v) is 7.93. The molecule has 0 radical (unpaired) electrons. The van der Waals surface area contributed by atoms with Gasteiger partial charge in [0, 0.05) is 17.4 Å². The number of hydrogen-bond acceptors (Lipinski definition) is 6. The van der Waals surface area contributed by atoms with E-state index in [0.717, 1.165) is 5.69 Å². The number of amides is 1. The number of fused-ring (bicyclic) bond motifs is 1. The fourth-order valence-corrected chi connectivity index (χ4v) is 3.30. The van der Waals surface area contributed by atoms with Gasteiger partial charge in [-0.2, -0.15) is 9.78 Å². The first-order valence-electron chi connectivity index (χ1n) is 10.0. The number of nitrogens with one attached hydrogen (secondary N) is 1. The zero-order chi connectivity index (χ0) is 22.3. The maximum Gasteiger partial charge on any atom is 0.256 e. The molecule has 0 saturated heterocycles. The van der Waals surface area contributed by atoms with E-state index in [0.29, 0.717) is 28.1 Å². The van der Waals surface area contributed by atoms with Crippen LogP contribution >= 0.6 is 0 Å². The van der Waals surface area contributed by atoms with Crippen molar-refractivity contribution >= 4 is 22.6 Å². The molecule has 0 bridgehead atoms. The normalized spacial score (nSPS) is 11.6. The van der Waals surface area contributed by atoms with Gasteiger partial charge in [0.25, 0.3) is 5.91 Å². The summed E-state index contributed by atoms with van der Waals surface area (Å²) in [7, 11) is 0. The van der Waals surface area contributed by atoms with Crippen molar-refractivity contribution < 1.29 is 9.18 Å². The van der Waals surface area contributed by atoms with E-state index in [4.69, 9.17) is 4.98 Å². The average Bonchev–Trinajstić information content (AvgIpc) is 3.34. The van der Waals surface area contributed by atoms with Crippen LogP contribution in [0.5, 0.6) is 0 Å². The summed E-state index contributed by atoms with van der Waals surface area (Å²) in [5.41, 5.74) is 2.49. The first-order chi connectivity index (χ1) is 14.8. The Kier molecular flexibility index (Phi) is 5.22. The van der Waals surface area contributed by atoms with Crippen molar-refractivity contribution in [3.8, 4) is 5.69 Å². The van der Waals surface area contributed by atoms with Crippen molar-refractivity contribution in [2.24, 2.45) is 0 Å². The molecule has 31 heavy (non-hydrogen) atoms. The Morgan fingerprint density at radius 1 is 1.16 bits per heavy atom. The van der Waals surface area contributed by atoms with Crippen LogP contribution < -0.4 is 5.32 Å². The summed E-state index contributed by atoms with van der Waals surface area (Å²) < 4.78 is 17.4. The largest absolute Gasteiger partial charge is 0.322 e. The Morgan fingerprint density at radius 2 is 1.94 bits per heavy atom. The third kappa shape index (κ3) is 3.76. The monoisotopic (exact) mass is 422 g/mol. The van der Waals surface area contributed by atoms with Crippen LogP contribution in [-0.4, -0.2) is 40.9 Å². The van der Waals surface area contributed by atoms with E-state index >= 15 is 0 Å². The third-order valence-corrected chi connectivity index (χ3v) is 4.97. The van der Waals surface area contributed by atoms with Gasteiger partial charge < -0.3 is 5.32 Å². The lowest BCUT2D eigenvalue weighted by atomic mass is 10.0. The molecule has 0 atom stereocenters. The minimum atomic E-state index is -0.500. The Bertz CT molecular complexity index is 1270. The molecule has 0 aliphatic heterocycles. The average molecular weight is 422 g/mol. The van der Waals surface area contributed by atoms with Gasteiger partial charge >= 0.3 is 0 Å². The Balaban J connectivity index is 1.75. The molecule has 0 fully saturated rings.